The maximum atomic E-state index is 13.6. The lowest BCUT2D eigenvalue weighted by Crippen LogP contribution is -2.56. The quantitative estimate of drug-likeness (QED) is 0.459. The van der Waals surface area contributed by atoms with Crippen LogP contribution in [0.2, 0.25) is 5.02 Å². The van der Waals surface area contributed by atoms with Gasteiger partial charge in [-0.2, -0.15) is 13.2 Å². The molecular weight excluding hydrogens is 502 g/mol. The monoisotopic (exact) mass is 529 g/mol. The number of amides is 3. The predicted molar refractivity (Wildman–Crippen MR) is 129 cm³/mol. The number of hydrogen-bond acceptors (Lipinski definition) is 2. The highest BCUT2D eigenvalue weighted by molar-refractivity contribution is 6.31. The minimum atomic E-state index is -4.66. The number of carboxylic acid groups (broad SMARTS) is 1. The maximum absolute atomic E-state index is 13.6. The van der Waals surface area contributed by atoms with Crippen LogP contribution < -0.4 is 4.90 Å². The molecule has 196 valence electrons. The summed E-state index contributed by atoms with van der Waals surface area (Å²) in [4.78, 5) is 29.4. The summed E-state index contributed by atoms with van der Waals surface area (Å²) < 4.78 is 53.6. The third kappa shape index (κ3) is 5.53. The number of likely N-dealkylation sites (N-methyl/N-ethyl adjacent to an activating group) is 1. The third-order valence-corrected chi connectivity index (χ3v) is 6.75. The molecule has 1 aliphatic rings. The molecular formula is C25H28ClF4N3O3. The van der Waals surface area contributed by atoms with Crippen LogP contribution in [0, 0.1) is 11.2 Å². The number of likely N-dealkylation sites (tertiary alicyclic amines) is 1. The molecule has 0 saturated carbocycles. The number of benzene rings is 2. The second-order valence-electron chi connectivity index (χ2n) is 10.0. The standard InChI is InChI=1S/C25H28ClF4N3O3/c1-24(2,3)21-20(19(13-33(21)23(35)36)14-6-8-17(27)9-7-14)32(5)22(34)31(4)18-11-15(25(28,29)30)10-16(26)12-18/h6-12,19-21H,13H2,1-5H3,(H,35,36)/t19-,20-,21?/m0/s1. The Hall–Kier alpha value is -3.01. The molecule has 0 bridgehead atoms. The summed E-state index contributed by atoms with van der Waals surface area (Å²) in [5.74, 6) is -0.959. The fourth-order valence-electron chi connectivity index (χ4n) is 4.92. The lowest BCUT2D eigenvalue weighted by Gasteiger charge is -2.42. The van der Waals surface area contributed by atoms with Crippen molar-refractivity contribution in [2.24, 2.45) is 5.41 Å². The van der Waals surface area contributed by atoms with Crippen LogP contribution in [0.1, 0.15) is 37.8 Å². The van der Waals surface area contributed by atoms with Gasteiger partial charge in [-0.1, -0.05) is 44.5 Å². The zero-order chi connectivity index (χ0) is 27.2. The number of hydrogen-bond donors (Lipinski definition) is 1. The largest absolute Gasteiger partial charge is 0.465 e. The molecule has 3 rings (SSSR count). The molecule has 11 heteroatoms. The van der Waals surface area contributed by atoms with E-state index >= 15 is 0 Å². The van der Waals surface area contributed by atoms with E-state index < -0.39 is 53.1 Å². The highest BCUT2D eigenvalue weighted by Crippen LogP contribution is 2.43. The van der Waals surface area contributed by atoms with Gasteiger partial charge in [0.25, 0.3) is 0 Å². The lowest BCUT2D eigenvalue weighted by atomic mass is 9.78. The molecule has 0 aromatic heterocycles. The van der Waals surface area contributed by atoms with Crippen LogP contribution in [0.5, 0.6) is 0 Å². The average molecular weight is 530 g/mol. The number of carbonyl (C=O) groups excluding carboxylic acids is 1. The fraction of sp³-hybridized carbons (Fsp3) is 0.440. The lowest BCUT2D eigenvalue weighted by molar-refractivity contribution is -0.137. The van der Waals surface area contributed by atoms with Crippen molar-refractivity contribution in [3.05, 3.63) is 64.4 Å². The highest BCUT2D eigenvalue weighted by atomic mass is 35.5. The van der Waals surface area contributed by atoms with Crippen molar-refractivity contribution in [2.75, 3.05) is 25.5 Å². The van der Waals surface area contributed by atoms with E-state index in [2.05, 4.69) is 0 Å². The van der Waals surface area contributed by atoms with Gasteiger partial charge in [-0.15, -0.1) is 0 Å². The molecule has 3 amide bonds. The van der Waals surface area contributed by atoms with Gasteiger partial charge in [0.1, 0.15) is 5.82 Å². The van der Waals surface area contributed by atoms with E-state index in [1.165, 1.54) is 42.1 Å². The van der Waals surface area contributed by atoms with Crippen molar-refractivity contribution in [1.82, 2.24) is 9.80 Å². The van der Waals surface area contributed by atoms with E-state index in [0.29, 0.717) is 5.56 Å². The van der Waals surface area contributed by atoms with Gasteiger partial charge in [-0.25, -0.2) is 14.0 Å². The second-order valence-corrected chi connectivity index (χ2v) is 10.5. The number of alkyl halides is 3. The van der Waals surface area contributed by atoms with Crippen molar-refractivity contribution in [3.8, 4) is 0 Å². The zero-order valence-corrected chi connectivity index (χ0v) is 21.2. The van der Waals surface area contributed by atoms with Crippen LogP contribution in [-0.4, -0.2) is 59.8 Å². The van der Waals surface area contributed by atoms with E-state index in [4.69, 9.17) is 11.6 Å². The van der Waals surface area contributed by atoms with Crippen LogP contribution in [0.15, 0.2) is 42.5 Å². The SMILES string of the molecule is CN(C(=O)N(C)[C@@H]1C(C(C)(C)C)N(C(=O)O)C[C@H]1c1ccc(F)cc1)c1cc(Cl)cc(C(F)(F)F)c1. The molecule has 6 nitrogen and oxygen atoms in total. The Morgan fingerprint density at radius 2 is 1.64 bits per heavy atom. The van der Waals surface area contributed by atoms with Crippen LogP contribution in [0.3, 0.4) is 0 Å². The van der Waals surface area contributed by atoms with Crippen LogP contribution in [-0.2, 0) is 6.18 Å². The summed E-state index contributed by atoms with van der Waals surface area (Å²) >= 11 is 5.91. The normalized spacial score (nSPS) is 20.4. The molecule has 2 aromatic carbocycles. The molecule has 0 aliphatic carbocycles. The number of halogens is 5. The van der Waals surface area contributed by atoms with E-state index in [-0.39, 0.29) is 17.3 Å². The zero-order valence-electron chi connectivity index (χ0n) is 20.5. The molecule has 0 radical (unpaired) electrons. The Morgan fingerprint density at radius 3 is 2.14 bits per heavy atom. The Balaban J connectivity index is 2.05. The van der Waals surface area contributed by atoms with Gasteiger partial charge in [0.15, 0.2) is 0 Å². The van der Waals surface area contributed by atoms with Gasteiger partial charge in [-0.05, 0) is 41.3 Å². The molecule has 2 aromatic rings. The summed E-state index contributed by atoms with van der Waals surface area (Å²) in [6.45, 7) is 5.61. The molecule has 1 fully saturated rings. The van der Waals surface area contributed by atoms with E-state index in [1.54, 1.807) is 12.1 Å². The minimum absolute atomic E-state index is 0.0598. The number of rotatable bonds is 3. The second kappa shape index (κ2) is 9.80. The molecule has 3 atom stereocenters. The topological polar surface area (TPSA) is 64.1 Å². The van der Waals surface area contributed by atoms with Crippen molar-refractivity contribution in [1.29, 1.82) is 0 Å². The van der Waals surface area contributed by atoms with Crippen molar-refractivity contribution in [3.63, 3.8) is 0 Å². The summed E-state index contributed by atoms with van der Waals surface area (Å²) in [5.41, 5.74) is -1.03. The maximum Gasteiger partial charge on any atom is 0.416 e. The first kappa shape index (κ1) is 27.6. The molecule has 1 aliphatic heterocycles. The van der Waals surface area contributed by atoms with E-state index in [1.807, 2.05) is 20.8 Å². The molecule has 36 heavy (non-hydrogen) atoms. The van der Waals surface area contributed by atoms with Crippen LogP contribution >= 0.6 is 11.6 Å². The van der Waals surface area contributed by atoms with Gasteiger partial charge < -0.3 is 14.9 Å². The number of urea groups is 1. The molecule has 1 saturated heterocycles. The summed E-state index contributed by atoms with van der Waals surface area (Å²) in [6.07, 6.45) is -5.82. The minimum Gasteiger partial charge on any atom is -0.465 e. The Bertz CT molecular complexity index is 1130. The first-order chi connectivity index (χ1) is 16.5. The summed E-state index contributed by atoms with van der Waals surface area (Å²) in [5, 5.41) is 9.77. The van der Waals surface area contributed by atoms with Crippen molar-refractivity contribution < 1.29 is 32.3 Å². The molecule has 1 heterocycles. The van der Waals surface area contributed by atoms with E-state index in [9.17, 15) is 32.3 Å². The molecule has 1 N–H and O–H groups in total. The number of anilines is 1. The smallest absolute Gasteiger partial charge is 0.416 e. The molecule has 0 spiro atoms. The number of carbonyl (C=O) groups is 2. The Morgan fingerprint density at radius 1 is 1.06 bits per heavy atom. The fourth-order valence-corrected chi connectivity index (χ4v) is 5.14. The first-order valence-electron chi connectivity index (χ1n) is 11.2. The Labute approximate surface area is 212 Å². The number of nitrogens with zero attached hydrogens (tertiary/aromatic N) is 3. The average Bonchev–Trinajstić information content (AvgIpc) is 3.18. The van der Waals surface area contributed by atoms with Crippen molar-refractivity contribution >= 4 is 29.4 Å². The van der Waals surface area contributed by atoms with Gasteiger partial charge in [0, 0.05) is 37.3 Å². The van der Waals surface area contributed by atoms with Crippen LogP contribution in [0.25, 0.3) is 0 Å². The van der Waals surface area contributed by atoms with Gasteiger partial charge in [0.05, 0.1) is 17.6 Å². The van der Waals surface area contributed by atoms with Crippen molar-refractivity contribution in [2.45, 2.75) is 44.9 Å². The molecule has 1 unspecified atom stereocenters. The highest BCUT2D eigenvalue weighted by Gasteiger charge is 2.52. The first-order valence-corrected chi connectivity index (χ1v) is 11.5. The van der Waals surface area contributed by atoms with Gasteiger partial charge in [-0.3, -0.25) is 4.90 Å². The third-order valence-electron chi connectivity index (χ3n) is 6.53. The van der Waals surface area contributed by atoms with Gasteiger partial charge in [0.2, 0.25) is 0 Å². The summed E-state index contributed by atoms with van der Waals surface area (Å²) in [6, 6.07) is 6.48. The predicted octanol–water partition coefficient (Wildman–Crippen LogP) is 6.55. The van der Waals surface area contributed by atoms with E-state index in [0.717, 1.165) is 17.0 Å². The summed E-state index contributed by atoms with van der Waals surface area (Å²) in [7, 11) is 2.81. The van der Waals surface area contributed by atoms with Gasteiger partial charge >= 0.3 is 18.3 Å². The Kier molecular flexibility index (Phi) is 7.51. The van der Waals surface area contributed by atoms with Crippen LogP contribution in [0.4, 0.5) is 32.8 Å².